The van der Waals surface area contributed by atoms with Crippen molar-refractivity contribution in [1.82, 2.24) is 4.98 Å². The number of pyridine rings is 1. The monoisotopic (exact) mass is 257 g/mol. The van der Waals surface area contributed by atoms with Crippen LogP contribution in [0.1, 0.15) is 15.9 Å². The number of nitrogens with zero attached hydrogens (tertiary/aromatic N) is 1. The quantitative estimate of drug-likeness (QED) is 0.647. The van der Waals surface area contributed by atoms with Crippen LogP contribution in [0, 0.1) is 0 Å². The number of esters is 1. The van der Waals surface area contributed by atoms with Crippen molar-refractivity contribution >= 4 is 17.3 Å². The summed E-state index contributed by atoms with van der Waals surface area (Å²) in [7, 11) is 1.33. The molecule has 0 unspecified atom stereocenters. The van der Waals surface area contributed by atoms with Crippen molar-refractivity contribution in [1.29, 1.82) is 0 Å². The van der Waals surface area contributed by atoms with Gasteiger partial charge in [-0.3, -0.25) is 4.98 Å². The third-order valence-corrected chi connectivity index (χ3v) is 2.70. The normalized spacial score (nSPS) is 9.95. The van der Waals surface area contributed by atoms with Crippen molar-refractivity contribution in [2.75, 3.05) is 18.2 Å². The van der Waals surface area contributed by atoms with Crippen LogP contribution in [0.15, 0.2) is 42.7 Å². The molecule has 5 nitrogen and oxygen atoms in total. The summed E-state index contributed by atoms with van der Waals surface area (Å²) in [5, 5.41) is 3.22. The highest BCUT2D eigenvalue weighted by Crippen LogP contribution is 2.19. The number of nitrogens with two attached hydrogens (primary N) is 1. The Labute approximate surface area is 111 Å². The third kappa shape index (κ3) is 3.22. The van der Waals surface area contributed by atoms with E-state index in [9.17, 15) is 4.79 Å². The fraction of sp³-hybridized carbons (Fsp3) is 0.143. The number of benzene rings is 1. The number of nitrogens with one attached hydrogen (secondary N) is 1. The van der Waals surface area contributed by atoms with Gasteiger partial charge in [0.05, 0.1) is 12.7 Å². The molecule has 2 rings (SSSR count). The molecule has 0 saturated carbocycles. The Hall–Kier alpha value is -2.56. The van der Waals surface area contributed by atoms with Gasteiger partial charge in [0, 0.05) is 30.3 Å². The van der Waals surface area contributed by atoms with Crippen molar-refractivity contribution in [3.63, 3.8) is 0 Å². The molecule has 0 atom stereocenters. The first-order chi connectivity index (χ1) is 9.20. The number of nitrogen functional groups attached to an aromatic ring is 1. The minimum atomic E-state index is -0.440. The molecule has 0 aliphatic carbocycles. The summed E-state index contributed by atoms with van der Waals surface area (Å²) < 4.78 is 4.68. The number of methoxy groups -OCH3 is 1. The summed E-state index contributed by atoms with van der Waals surface area (Å²) in [5.41, 5.74) is 8.42. The van der Waals surface area contributed by atoms with Crippen molar-refractivity contribution in [3.05, 3.63) is 53.9 Å². The van der Waals surface area contributed by atoms with Crippen LogP contribution in [0.2, 0.25) is 0 Å². The van der Waals surface area contributed by atoms with Gasteiger partial charge in [0.2, 0.25) is 0 Å². The summed E-state index contributed by atoms with van der Waals surface area (Å²) in [4.78, 5) is 15.5. The van der Waals surface area contributed by atoms with E-state index in [4.69, 9.17) is 5.73 Å². The highest BCUT2D eigenvalue weighted by Gasteiger charge is 2.10. The minimum Gasteiger partial charge on any atom is -0.465 e. The van der Waals surface area contributed by atoms with Gasteiger partial charge in [0.1, 0.15) is 0 Å². The third-order valence-electron chi connectivity index (χ3n) is 2.70. The molecule has 0 spiro atoms. The van der Waals surface area contributed by atoms with Crippen LogP contribution in [0.3, 0.4) is 0 Å². The Bertz CT molecular complexity index is 570. The van der Waals surface area contributed by atoms with E-state index in [0.717, 1.165) is 11.3 Å². The second-order valence-corrected chi connectivity index (χ2v) is 4.00. The molecule has 1 heterocycles. The number of ether oxygens (including phenoxy) is 1. The lowest BCUT2D eigenvalue weighted by Crippen LogP contribution is -2.07. The molecule has 2 aromatic rings. The zero-order chi connectivity index (χ0) is 13.7. The highest BCUT2D eigenvalue weighted by molar-refractivity contribution is 5.96. The molecule has 1 aromatic heterocycles. The SMILES string of the molecule is COC(=O)c1cc(NCc2ccncc2)ccc1N. The molecule has 3 N–H and O–H groups in total. The molecule has 19 heavy (non-hydrogen) atoms. The first-order valence-electron chi connectivity index (χ1n) is 5.81. The lowest BCUT2D eigenvalue weighted by molar-refractivity contribution is 0.0602. The van der Waals surface area contributed by atoms with Gasteiger partial charge in [0.15, 0.2) is 0 Å². The first-order valence-corrected chi connectivity index (χ1v) is 5.81. The second kappa shape index (κ2) is 5.86. The minimum absolute atomic E-state index is 0.363. The Balaban J connectivity index is 2.11. The molecular weight excluding hydrogens is 242 g/mol. The Morgan fingerprint density at radius 3 is 2.74 bits per heavy atom. The maximum absolute atomic E-state index is 11.5. The van der Waals surface area contributed by atoms with Crippen LogP contribution in [-0.4, -0.2) is 18.1 Å². The van der Waals surface area contributed by atoms with Crippen LogP contribution < -0.4 is 11.1 Å². The molecule has 98 valence electrons. The van der Waals surface area contributed by atoms with Crippen molar-refractivity contribution in [3.8, 4) is 0 Å². The number of aromatic nitrogens is 1. The molecule has 5 heteroatoms. The summed E-state index contributed by atoms with van der Waals surface area (Å²) >= 11 is 0. The molecule has 0 amide bonds. The van der Waals surface area contributed by atoms with Gasteiger partial charge in [-0.05, 0) is 35.9 Å². The van der Waals surface area contributed by atoms with Crippen molar-refractivity contribution in [2.24, 2.45) is 0 Å². The molecule has 0 aliphatic rings. The van der Waals surface area contributed by atoms with E-state index in [1.54, 1.807) is 24.5 Å². The van der Waals surface area contributed by atoms with Gasteiger partial charge >= 0.3 is 5.97 Å². The van der Waals surface area contributed by atoms with Crippen LogP contribution in [-0.2, 0) is 11.3 Å². The fourth-order valence-electron chi connectivity index (χ4n) is 1.66. The predicted octanol–water partition coefficient (Wildman–Crippen LogP) is 2.06. The van der Waals surface area contributed by atoms with Crippen LogP contribution in [0.5, 0.6) is 0 Å². The Morgan fingerprint density at radius 1 is 1.32 bits per heavy atom. The van der Waals surface area contributed by atoms with E-state index in [1.165, 1.54) is 7.11 Å². The number of anilines is 2. The van der Waals surface area contributed by atoms with Gasteiger partial charge in [-0.15, -0.1) is 0 Å². The number of rotatable bonds is 4. The van der Waals surface area contributed by atoms with E-state index in [2.05, 4.69) is 15.0 Å². The predicted molar refractivity (Wildman–Crippen MR) is 73.8 cm³/mol. The molecule has 0 fully saturated rings. The standard InChI is InChI=1S/C14H15N3O2/c1-19-14(18)12-8-11(2-3-13(12)15)17-9-10-4-6-16-7-5-10/h2-8,17H,9,15H2,1H3. The Morgan fingerprint density at radius 2 is 2.05 bits per heavy atom. The van der Waals surface area contributed by atoms with Crippen LogP contribution >= 0.6 is 0 Å². The van der Waals surface area contributed by atoms with Crippen molar-refractivity contribution < 1.29 is 9.53 Å². The summed E-state index contributed by atoms with van der Waals surface area (Å²) in [6.07, 6.45) is 3.47. The smallest absolute Gasteiger partial charge is 0.340 e. The van der Waals surface area contributed by atoms with Gasteiger partial charge in [-0.1, -0.05) is 0 Å². The summed E-state index contributed by atoms with van der Waals surface area (Å²) in [5.74, 6) is -0.440. The maximum Gasteiger partial charge on any atom is 0.340 e. The van der Waals surface area contributed by atoms with E-state index >= 15 is 0 Å². The van der Waals surface area contributed by atoms with Gasteiger partial charge in [-0.25, -0.2) is 4.79 Å². The van der Waals surface area contributed by atoms with Crippen LogP contribution in [0.25, 0.3) is 0 Å². The lowest BCUT2D eigenvalue weighted by Gasteiger charge is -2.09. The van der Waals surface area contributed by atoms with Crippen molar-refractivity contribution in [2.45, 2.75) is 6.54 Å². The molecule has 0 aliphatic heterocycles. The summed E-state index contributed by atoms with van der Waals surface area (Å²) in [6, 6.07) is 9.03. The number of carbonyl (C=O) groups excluding carboxylic acids is 1. The number of hydrogen-bond acceptors (Lipinski definition) is 5. The topological polar surface area (TPSA) is 77.2 Å². The zero-order valence-electron chi connectivity index (χ0n) is 10.6. The highest BCUT2D eigenvalue weighted by atomic mass is 16.5. The van der Waals surface area contributed by atoms with Gasteiger partial charge < -0.3 is 15.8 Å². The number of carbonyl (C=O) groups is 1. The molecule has 1 aromatic carbocycles. The molecule has 0 saturated heterocycles. The average Bonchev–Trinajstić information content (AvgIpc) is 2.46. The fourth-order valence-corrected chi connectivity index (χ4v) is 1.66. The maximum atomic E-state index is 11.5. The van der Waals surface area contributed by atoms with Gasteiger partial charge in [0.25, 0.3) is 0 Å². The largest absolute Gasteiger partial charge is 0.465 e. The zero-order valence-corrected chi connectivity index (χ0v) is 10.6. The first kappa shape index (κ1) is 12.9. The van der Waals surface area contributed by atoms with E-state index < -0.39 is 5.97 Å². The van der Waals surface area contributed by atoms with E-state index in [-0.39, 0.29) is 0 Å². The second-order valence-electron chi connectivity index (χ2n) is 4.00. The molecular formula is C14H15N3O2. The average molecular weight is 257 g/mol. The molecule has 0 bridgehead atoms. The number of hydrogen-bond donors (Lipinski definition) is 2. The van der Waals surface area contributed by atoms with Crippen LogP contribution in [0.4, 0.5) is 11.4 Å². The summed E-state index contributed by atoms with van der Waals surface area (Å²) in [6.45, 7) is 0.646. The van der Waals surface area contributed by atoms with Gasteiger partial charge in [-0.2, -0.15) is 0 Å². The van der Waals surface area contributed by atoms with E-state index in [1.807, 2.05) is 18.2 Å². The molecule has 0 radical (unpaired) electrons. The Kier molecular flexibility index (Phi) is 3.97. The lowest BCUT2D eigenvalue weighted by atomic mass is 10.1. The van der Waals surface area contributed by atoms with E-state index in [0.29, 0.717) is 17.8 Å².